The highest BCUT2D eigenvalue weighted by molar-refractivity contribution is 4.77. The Morgan fingerprint density at radius 3 is 2.33 bits per heavy atom. The number of nitrogens with one attached hydrogen (secondary N) is 1. The molecule has 3 N–H and O–H groups in total. The predicted molar refractivity (Wildman–Crippen MR) is 84.2 cm³/mol. The molecule has 0 radical (unpaired) electrons. The van der Waals surface area contributed by atoms with Crippen molar-refractivity contribution >= 4 is 0 Å². The monoisotopic (exact) mass is 299 g/mol. The molecule has 124 valence electrons. The van der Waals surface area contributed by atoms with Crippen LogP contribution in [0.4, 0.5) is 0 Å². The molecular formula is C17H33NO3. The number of ether oxygens (including phenoxy) is 1. The summed E-state index contributed by atoms with van der Waals surface area (Å²) in [6, 6.07) is 0. The van der Waals surface area contributed by atoms with Crippen LogP contribution in [-0.4, -0.2) is 48.7 Å². The molecule has 2 rings (SSSR count). The number of hydrogen-bond acceptors (Lipinski definition) is 4. The third-order valence-corrected chi connectivity index (χ3v) is 5.16. The minimum Gasteiger partial charge on any atom is -0.396 e. The Labute approximate surface area is 129 Å². The van der Waals surface area contributed by atoms with Gasteiger partial charge < -0.3 is 20.3 Å². The Morgan fingerprint density at radius 1 is 0.952 bits per heavy atom. The lowest BCUT2D eigenvalue weighted by Crippen LogP contribution is -2.38. The molecule has 0 aliphatic heterocycles. The Bertz CT molecular complexity index is 269. The minimum absolute atomic E-state index is 0.305. The summed E-state index contributed by atoms with van der Waals surface area (Å²) in [5.74, 6) is 1.01. The first-order valence-electron chi connectivity index (χ1n) is 8.91. The van der Waals surface area contributed by atoms with Gasteiger partial charge in [-0.2, -0.15) is 0 Å². The van der Waals surface area contributed by atoms with Crippen molar-refractivity contribution in [2.45, 2.75) is 70.0 Å². The third-order valence-electron chi connectivity index (χ3n) is 5.16. The summed E-state index contributed by atoms with van der Waals surface area (Å²) in [6.45, 7) is 2.26. The smallest absolute Gasteiger partial charge is 0.0897 e. The van der Waals surface area contributed by atoms with E-state index in [1.54, 1.807) is 0 Å². The summed E-state index contributed by atoms with van der Waals surface area (Å²) >= 11 is 0. The molecule has 0 aromatic rings. The zero-order chi connectivity index (χ0) is 14.9. The highest BCUT2D eigenvalue weighted by atomic mass is 16.5. The van der Waals surface area contributed by atoms with E-state index in [0.29, 0.717) is 37.7 Å². The quantitative estimate of drug-likeness (QED) is 0.642. The molecule has 0 bridgehead atoms. The van der Waals surface area contributed by atoms with Crippen molar-refractivity contribution in [3.63, 3.8) is 0 Å². The average molecular weight is 299 g/mol. The lowest BCUT2D eigenvalue weighted by atomic mass is 9.79. The highest BCUT2D eigenvalue weighted by Gasteiger charge is 2.24. The first-order valence-corrected chi connectivity index (χ1v) is 8.91. The fourth-order valence-electron chi connectivity index (χ4n) is 3.77. The van der Waals surface area contributed by atoms with E-state index in [1.165, 1.54) is 38.5 Å². The highest BCUT2D eigenvalue weighted by Crippen LogP contribution is 2.29. The van der Waals surface area contributed by atoms with Gasteiger partial charge in [0.25, 0.3) is 0 Å². The normalized spacial score (nSPS) is 29.4. The van der Waals surface area contributed by atoms with Crippen LogP contribution in [0, 0.1) is 11.8 Å². The maximum absolute atomic E-state index is 10.00. The Balaban J connectivity index is 1.54. The van der Waals surface area contributed by atoms with Gasteiger partial charge in [0.15, 0.2) is 0 Å². The molecule has 2 aliphatic carbocycles. The first kappa shape index (κ1) is 17.2. The molecule has 3 atom stereocenters. The Kier molecular flexibility index (Phi) is 8.01. The van der Waals surface area contributed by atoms with Gasteiger partial charge >= 0.3 is 0 Å². The first-order chi connectivity index (χ1) is 10.3. The van der Waals surface area contributed by atoms with Crippen LogP contribution in [0.25, 0.3) is 0 Å². The Hall–Kier alpha value is -0.160. The van der Waals surface area contributed by atoms with Crippen LogP contribution < -0.4 is 5.32 Å². The molecule has 0 spiro atoms. The van der Waals surface area contributed by atoms with Crippen molar-refractivity contribution < 1.29 is 14.9 Å². The fourth-order valence-corrected chi connectivity index (χ4v) is 3.77. The lowest BCUT2D eigenvalue weighted by molar-refractivity contribution is -0.0234. The number of rotatable bonds is 8. The van der Waals surface area contributed by atoms with Crippen LogP contribution in [0.3, 0.4) is 0 Å². The van der Waals surface area contributed by atoms with Crippen molar-refractivity contribution in [2.24, 2.45) is 11.8 Å². The molecule has 2 saturated carbocycles. The van der Waals surface area contributed by atoms with Crippen LogP contribution in [0.2, 0.25) is 0 Å². The maximum Gasteiger partial charge on any atom is 0.0897 e. The van der Waals surface area contributed by atoms with Crippen molar-refractivity contribution in [3.8, 4) is 0 Å². The van der Waals surface area contributed by atoms with Crippen LogP contribution in [-0.2, 0) is 4.74 Å². The van der Waals surface area contributed by atoms with E-state index in [-0.39, 0.29) is 0 Å². The van der Waals surface area contributed by atoms with Gasteiger partial charge in [-0.1, -0.05) is 32.1 Å². The van der Waals surface area contributed by atoms with E-state index in [1.807, 2.05) is 0 Å². The van der Waals surface area contributed by atoms with Crippen LogP contribution in [0.5, 0.6) is 0 Å². The summed E-state index contributed by atoms with van der Waals surface area (Å²) in [7, 11) is 0. The molecule has 0 heterocycles. The molecule has 2 aliphatic rings. The Morgan fingerprint density at radius 2 is 1.62 bits per heavy atom. The zero-order valence-corrected chi connectivity index (χ0v) is 13.3. The summed E-state index contributed by atoms with van der Waals surface area (Å²) in [5, 5.41) is 22.8. The molecule has 0 saturated heterocycles. The van der Waals surface area contributed by atoms with E-state index >= 15 is 0 Å². The molecular weight excluding hydrogens is 266 g/mol. The topological polar surface area (TPSA) is 61.7 Å². The SMILES string of the molecule is OCC1CCCCC1CNCC(O)COC1CCCCC1. The molecule has 3 unspecified atom stereocenters. The second-order valence-corrected chi connectivity index (χ2v) is 6.89. The van der Waals surface area contributed by atoms with Gasteiger partial charge in [0.05, 0.1) is 18.8 Å². The second-order valence-electron chi connectivity index (χ2n) is 6.89. The molecule has 0 amide bonds. The second kappa shape index (κ2) is 9.78. The van der Waals surface area contributed by atoms with Gasteiger partial charge in [-0.25, -0.2) is 0 Å². The van der Waals surface area contributed by atoms with Crippen molar-refractivity contribution in [3.05, 3.63) is 0 Å². The van der Waals surface area contributed by atoms with Gasteiger partial charge in [-0.3, -0.25) is 0 Å². The molecule has 2 fully saturated rings. The van der Waals surface area contributed by atoms with Crippen LogP contribution >= 0.6 is 0 Å². The lowest BCUT2D eigenvalue weighted by Gasteiger charge is -2.30. The summed E-state index contributed by atoms with van der Waals surface area (Å²) < 4.78 is 5.80. The minimum atomic E-state index is -0.414. The molecule has 0 aromatic carbocycles. The molecule has 4 nitrogen and oxygen atoms in total. The maximum atomic E-state index is 10.00. The fraction of sp³-hybridized carbons (Fsp3) is 1.00. The summed E-state index contributed by atoms with van der Waals surface area (Å²) in [5.41, 5.74) is 0. The van der Waals surface area contributed by atoms with E-state index in [2.05, 4.69) is 5.32 Å². The molecule has 4 heteroatoms. The van der Waals surface area contributed by atoms with E-state index < -0.39 is 6.10 Å². The van der Waals surface area contributed by atoms with Crippen molar-refractivity contribution in [1.29, 1.82) is 0 Å². The van der Waals surface area contributed by atoms with Crippen molar-refractivity contribution in [1.82, 2.24) is 5.32 Å². The standard InChI is InChI=1S/C17H33NO3/c19-12-15-7-5-4-6-14(15)10-18-11-16(20)13-21-17-8-2-1-3-9-17/h14-20H,1-13H2. The number of aliphatic hydroxyl groups excluding tert-OH is 2. The van der Waals surface area contributed by atoms with Crippen molar-refractivity contribution in [2.75, 3.05) is 26.3 Å². The molecule has 21 heavy (non-hydrogen) atoms. The van der Waals surface area contributed by atoms with Crippen LogP contribution in [0.15, 0.2) is 0 Å². The van der Waals surface area contributed by atoms with E-state index in [4.69, 9.17) is 4.74 Å². The van der Waals surface area contributed by atoms with E-state index in [9.17, 15) is 10.2 Å². The average Bonchev–Trinajstić information content (AvgIpc) is 2.54. The van der Waals surface area contributed by atoms with Gasteiger partial charge in [-0.15, -0.1) is 0 Å². The van der Waals surface area contributed by atoms with Crippen LogP contribution in [0.1, 0.15) is 57.8 Å². The largest absolute Gasteiger partial charge is 0.396 e. The van der Waals surface area contributed by atoms with E-state index in [0.717, 1.165) is 25.8 Å². The summed E-state index contributed by atoms with van der Waals surface area (Å²) in [6.07, 6.45) is 11.0. The van der Waals surface area contributed by atoms with Gasteiger partial charge in [0.2, 0.25) is 0 Å². The summed E-state index contributed by atoms with van der Waals surface area (Å²) in [4.78, 5) is 0. The predicted octanol–water partition coefficient (Wildman–Crippen LogP) is 2.08. The van der Waals surface area contributed by atoms with Gasteiger partial charge in [0, 0.05) is 13.2 Å². The third kappa shape index (κ3) is 6.23. The van der Waals surface area contributed by atoms with Gasteiger partial charge in [0.1, 0.15) is 0 Å². The zero-order valence-electron chi connectivity index (χ0n) is 13.3. The number of aliphatic hydroxyl groups is 2. The van der Waals surface area contributed by atoms with Gasteiger partial charge in [-0.05, 0) is 44.1 Å². The number of hydrogen-bond donors (Lipinski definition) is 3. The molecule has 0 aromatic heterocycles.